The summed E-state index contributed by atoms with van der Waals surface area (Å²) in [4.78, 5) is 31.9. The van der Waals surface area contributed by atoms with E-state index in [1.165, 1.54) is 47.4 Å². The average Bonchev–Trinajstić information content (AvgIpc) is 3.60. The van der Waals surface area contributed by atoms with E-state index >= 15 is 0 Å². The highest BCUT2D eigenvalue weighted by Crippen LogP contribution is 2.36. The minimum Gasteiger partial charge on any atom is -0.486 e. The first kappa shape index (κ1) is 24.8. The van der Waals surface area contributed by atoms with Gasteiger partial charge in [0, 0.05) is 18.4 Å². The summed E-state index contributed by atoms with van der Waals surface area (Å²) in [6.07, 6.45) is 3.36. The lowest BCUT2D eigenvalue weighted by Crippen LogP contribution is -2.48. The lowest BCUT2D eigenvalue weighted by molar-refractivity contribution is -0.118. The lowest BCUT2D eigenvalue weighted by atomic mass is 10.00. The van der Waals surface area contributed by atoms with Gasteiger partial charge in [-0.3, -0.25) is 9.59 Å². The molecular weight excluding hydrogens is 486 g/mol. The van der Waals surface area contributed by atoms with Crippen molar-refractivity contribution in [3.63, 3.8) is 0 Å². The highest BCUT2D eigenvalue weighted by molar-refractivity contribution is 6.42. The van der Waals surface area contributed by atoms with Crippen molar-refractivity contribution in [2.45, 2.75) is 25.0 Å². The van der Waals surface area contributed by atoms with E-state index in [9.17, 15) is 23.5 Å². The van der Waals surface area contributed by atoms with Gasteiger partial charge in [0.25, 0.3) is 11.7 Å². The zero-order chi connectivity index (χ0) is 25.9. The third-order valence-corrected chi connectivity index (χ3v) is 6.46. The Hall–Kier alpha value is -3.83. The van der Waals surface area contributed by atoms with Crippen molar-refractivity contribution in [2.24, 2.45) is 0 Å². The Kier molecular flexibility index (Phi) is 7.15. The van der Waals surface area contributed by atoms with E-state index in [4.69, 9.17) is 9.47 Å². The molecule has 2 N–H and O–H groups in total. The van der Waals surface area contributed by atoms with Crippen LogP contribution in [-0.4, -0.2) is 70.1 Å². The number of ether oxygens (including phenoxy) is 2. The first-order chi connectivity index (χ1) is 17.9. The van der Waals surface area contributed by atoms with E-state index in [0.29, 0.717) is 5.69 Å². The number of hydrogen-bond acceptors (Lipinski definition) is 7. The van der Waals surface area contributed by atoms with Gasteiger partial charge in [-0.1, -0.05) is 0 Å². The standard InChI is InChI=1S/C26H26F2N4O5/c27-17-3-5-18(6-4-17)32-14-20(29-15-32)24(34)26(35)30-21(13-31-7-1-2-8-31)23(33)16-11-19(28)25-22(12-16)36-9-10-37-25/h3-6,11-12,14-15,21,23,33H,1-2,7-10,13H2,(H,30,35). The molecule has 0 bridgehead atoms. The second-order valence-electron chi connectivity index (χ2n) is 9.03. The number of fused-ring (bicyclic) bond motifs is 1. The Morgan fingerprint density at radius 2 is 1.81 bits per heavy atom. The summed E-state index contributed by atoms with van der Waals surface area (Å²) in [6.45, 7) is 2.30. The van der Waals surface area contributed by atoms with Gasteiger partial charge in [0.2, 0.25) is 0 Å². The summed E-state index contributed by atoms with van der Waals surface area (Å²) in [6, 6.07) is 7.30. The highest BCUT2D eigenvalue weighted by Gasteiger charge is 2.31. The van der Waals surface area contributed by atoms with Crippen LogP contribution >= 0.6 is 0 Å². The Balaban J connectivity index is 1.34. The molecule has 3 heterocycles. The minimum atomic E-state index is -1.32. The van der Waals surface area contributed by atoms with Gasteiger partial charge in [0.05, 0.1) is 6.04 Å². The zero-order valence-corrected chi connectivity index (χ0v) is 19.9. The molecule has 9 nitrogen and oxygen atoms in total. The third kappa shape index (κ3) is 5.47. The molecule has 37 heavy (non-hydrogen) atoms. The van der Waals surface area contributed by atoms with Crippen molar-refractivity contribution in [2.75, 3.05) is 32.8 Å². The SMILES string of the molecule is O=C(NC(CN1CCCC1)C(O)c1cc(F)c2c(c1)OCCO2)C(=O)c1cn(-c2ccc(F)cc2)cn1. The highest BCUT2D eigenvalue weighted by atomic mass is 19.1. The van der Waals surface area contributed by atoms with Crippen LogP contribution < -0.4 is 14.8 Å². The van der Waals surface area contributed by atoms with E-state index in [-0.39, 0.29) is 42.5 Å². The number of nitrogens with zero attached hydrogens (tertiary/aromatic N) is 3. The van der Waals surface area contributed by atoms with Crippen molar-refractivity contribution >= 4 is 11.7 Å². The van der Waals surface area contributed by atoms with Gasteiger partial charge in [-0.05, 0) is 67.9 Å². The molecule has 0 radical (unpaired) electrons. The molecule has 1 aromatic heterocycles. The molecule has 2 aromatic carbocycles. The Labute approximate surface area is 211 Å². The fourth-order valence-corrected chi connectivity index (χ4v) is 4.55. The predicted octanol–water partition coefficient (Wildman–Crippen LogP) is 2.42. The summed E-state index contributed by atoms with van der Waals surface area (Å²) >= 11 is 0. The van der Waals surface area contributed by atoms with Gasteiger partial charge >= 0.3 is 0 Å². The number of hydrogen-bond donors (Lipinski definition) is 2. The molecule has 2 aliphatic heterocycles. The number of aromatic nitrogens is 2. The normalized spacial score (nSPS) is 16.8. The van der Waals surface area contributed by atoms with Gasteiger partial charge in [-0.2, -0.15) is 0 Å². The number of ketones is 1. The molecule has 3 aromatic rings. The molecule has 1 fully saturated rings. The van der Waals surface area contributed by atoms with Crippen molar-refractivity contribution in [1.29, 1.82) is 0 Å². The van der Waals surface area contributed by atoms with E-state index in [1.54, 1.807) is 0 Å². The number of amides is 1. The molecule has 2 unspecified atom stereocenters. The van der Waals surface area contributed by atoms with Crippen molar-refractivity contribution in [3.8, 4) is 17.2 Å². The molecule has 1 saturated heterocycles. The molecule has 2 atom stereocenters. The summed E-state index contributed by atoms with van der Waals surface area (Å²) < 4.78 is 40.1. The molecule has 0 aliphatic carbocycles. The van der Waals surface area contributed by atoms with Crippen LogP contribution in [-0.2, 0) is 4.79 Å². The number of carbonyl (C=O) groups is 2. The summed E-state index contributed by atoms with van der Waals surface area (Å²) in [7, 11) is 0. The zero-order valence-electron chi connectivity index (χ0n) is 19.9. The fraction of sp³-hybridized carbons (Fsp3) is 0.346. The van der Waals surface area contributed by atoms with Crippen molar-refractivity contribution < 1.29 is 33.0 Å². The molecule has 194 valence electrons. The maximum absolute atomic E-state index is 14.6. The molecule has 5 rings (SSSR count). The lowest BCUT2D eigenvalue weighted by Gasteiger charge is -2.29. The van der Waals surface area contributed by atoms with Crippen molar-refractivity contribution in [1.82, 2.24) is 19.8 Å². The largest absolute Gasteiger partial charge is 0.486 e. The van der Waals surface area contributed by atoms with Crippen LogP contribution in [0.25, 0.3) is 5.69 Å². The monoisotopic (exact) mass is 512 g/mol. The molecule has 0 spiro atoms. The number of nitrogens with one attached hydrogen (secondary N) is 1. The second-order valence-corrected chi connectivity index (χ2v) is 9.03. The van der Waals surface area contributed by atoms with E-state index in [1.807, 2.05) is 0 Å². The second kappa shape index (κ2) is 10.7. The number of benzene rings is 2. The van der Waals surface area contributed by atoms with Gasteiger partial charge in [0.1, 0.15) is 37.2 Å². The number of likely N-dealkylation sites (tertiary alicyclic amines) is 1. The number of rotatable bonds is 8. The Bertz CT molecular complexity index is 1290. The van der Waals surface area contributed by atoms with Crippen LogP contribution in [0.1, 0.15) is 35.0 Å². The van der Waals surface area contributed by atoms with Crippen LogP contribution in [0.2, 0.25) is 0 Å². The number of aliphatic hydroxyl groups excluding tert-OH is 1. The van der Waals surface area contributed by atoms with Gasteiger partial charge < -0.3 is 29.4 Å². The van der Waals surface area contributed by atoms with Gasteiger partial charge in [0.15, 0.2) is 17.3 Å². The van der Waals surface area contributed by atoms with Crippen LogP contribution in [0.4, 0.5) is 8.78 Å². The molecular formula is C26H26F2N4O5. The van der Waals surface area contributed by atoms with Gasteiger partial charge in [-0.15, -0.1) is 0 Å². The maximum atomic E-state index is 14.6. The molecule has 1 amide bonds. The molecule has 2 aliphatic rings. The van der Waals surface area contributed by atoms with E-state index < -0.39 is 35.5 Å². The maximum Gasteiger partial charge on any atom is 0.294 e. The van der Waals surface area contributed by atoms with Gasteiger partial charge in [-0.25, -0.2) is 13.8 Å². The minimum absolute atomic E-state index is 0.0192. The number of carbonyl (C=O) groups excluding carboxylic acids is 2. The van der Waals surface area contributed by atoms with E-state index in [2.05, 4.69) is 15.2 Å². The van der Waals surface area contributed by atoms with Crippen LogP contribution in [0.15, 0.2) is 48.9 Å². The number of Topliss-reactive ketones (excluding diaryl/α,β-unsaturated/α-hetero) is 1. The smallest absolute Gasteiger partial charge is 0.294 e. The average molecular weight is 513 g/mol. The summed E-state index contributed by atoms with van der Waals surface area (Å²) in [5.74, 6) is -2.78. The third-order valence-electron chi connectivity index (χ3n) is 6.46. The first-order valence-electron chi connectivity index (χ1n) is 12.0. The molecule has 11 heteroatoms. The molecule has 0 saturated carbocycles. The number of aliphatic hydroxyl groups is 1. The number of halogens is 2. The topological polar surface area (TPSA) is 106 Å². The Morgan fingerprint density at radius 3 is 2.57 bits per heavy atom. The van der Waals surface area contributed by atoms with Crippen LogP contribution in [0, 0.1) is 11.6 Å². The van der Waals surface area contributed by atoms with Crippen molar-refractivity contribution in [3.05, 3.63) is 71.8 Å². The van der Waals surface area contributed by atoms with Crippen LogP contribution in [0.5, 0.6) is 11.5 Å². The van der Waals surface area contributed by atoms with Crippen LogP contribution in [0.3, 0.4) is 0 Å². The summed E-state index contributed by atoms with van der Waals surface area (Å²) in [5.41, 5.74) is 0.650. The van der Waals surface area contributed by atoms with E-state index in [0.717, 1.165) is 32.0 Å². The fourth-order valence-electron chi connectivity index (χ4n) is 4.55. The predicted molar refractivity (Wildman–Crippen MR) is 128 cm³/mol. The quantitative estimate of drug-likeness (QED) is 0.353. The summed E-state index contributed by atoms with van der Waals surface area (Å²) in [5, 5.41) is 13.8. The number of imidazole rings is 1. The Morgan fingerprint density at radius 1 is 1.08 bits per heavy atom. The first-order valence-corrected chi connectivity index (χ1v) is 12.0.